The molecule has 0 aliphatic heterocycles. The molecule has 1 rings (SSSR count). The lowest BCUT2D eigenvalue weighted by Gasteiger charge is -2.14. The number of nitrogens with two attached hydrogens (primary N) is 2. The van der Waals surface area contributed by atoms with Crippen molar-refractivity contribution >= 4 is 35.1 Å². The molecule has 0 aliphatic rings. The summed E-state index contributed by atoms with van der Waals surface area (Å²) >= 11 is 5.78. The highest BCUT2D eigenvalue weighted by Gasteiger charge is 2.21. The lowest BCUT2D eigenvalue weighted by molar-refractivity contribution is -0.139. The van der Waals surface area contributed by atoms with E-state index in [1.54, 1.807) is 0 Å². The smallest absolute Gasteiger partial charge is 0.326 e. The summed E-state index contributed by atoms with van der Waals surface area (Å²) in [4.78, 5) is 33.5. The summed E-state index contributed by atoms with van der Waals surface area (Å²) in [6.07, 6.45) is -0.223. The number of carbonyl (C=O) groups is 3. The quantitative estimate of drug-likeness (QED) is 0.563. The van der Waals surface area contributed by atoms with E-state index in [1.807, 2.05) is 0 Å². The first-order chi connectivity index (χ1) is 9.31. The molecule has 1 aromatic carbocycles. The average Bonchev–Trinajstić information content (AvgIpc) is 2.36. The maximum atomic E-state index is 11.9. The molecule has 0 bridgehead atoms. The number of hydrogen-bond donors (Lipinski definition) is 4. The second-order valence-electron chi connectivity index (χ2n) is 4.11. The van der Waals surface area contributed by atoms with Crippen LogP contribution < -0.4 is 16.8 Å². The highest BCUT2D eigenvalue weighted by atomic mass is 35.5. The van der Waals surface area contributed by atoms with Crippen LogP contribution in [0.5, 0.6) is 0 Å². The Kier molecular flexibility index (Phi) is 5.33. The summed E-state index contributed by atoms with van der Waals surface area (Å²) in [5, 5.41) is 11.5. The van der Waals surface area contributed by atoms with Crippen LogP contribution in [0, 0.1) is 0 Å². The van der Waals surface area contributed by atoms with Gasteiger partial charge in [-0.05, 0) is 24.6 Å². The van der Waals surface area contributed by atoms with E-state index < -0.39 is 23.8 Å². The number of hydrogen-bond acceptors (Lipinski definition) is 4. The molecule has 0 heterocycles. The van der Waals surface area contributed by atoms with Crippen molar-refractivity contribution in [2.24, 2.45) is 5.73 Å². The first-order valence-corrected chi connectivity index (χ1v) is 6.06. The van der Waals surface area contributed by atoms with E-state index >= 15 is 0 Å². The Morgan fingerprint density at radius 1 is 1.35 bits per heavy atom. The van der Waals surface area contributed by atoms with Crippen LogP contribution in [-0.4, -0.2) is 28.9 Å². The van der Waals surface area contributed by atoms with Crippen molar-refractivity contribution in [2.45, 2.75) is 18.9 Å². The zero-order valence-corrected chi connectivity index (χ0v) is 11.2. The van der Waals surface area contributed by atoms with E-state index in [-0.39, 0.29) is 23.4 Å². The van der Waals surface area contributed by atoms with Gasteiger partial charge in [-0.2, -0.15) is 0 Å². The van der Waals surface area contributed by atoms with Gasteiger partial charge < -0.3 is 21.9 Å². The van der Waals surface area contributed by atoms with Crippen molar-refractivity contribution in [3.63, 3.8) is 0 Å². The zero-order chi connectivity index (χ0) is 15.3. The van der Waals surface area contributed by atoms with E-state index in [2.05, 4.69) is 5.32 Å². The molecule has 108 valence electrons. The van der Waals surface area contributed by atoms with Crippen molar-refractivity contribution in [3.8, 4) is 0 Å². The third-order valence-corrected chi connectivity index (χ3v) is 2.87. The highest BCUT2D eigenvalue weighted by molar-refractivity contribution is 6.33. The van der Waals surface area contributed by atoms with Crippen molar-refractivity contribution in [2.75, 3.05) is 5.73 Å². The molecule has 2 amide bonds. The van der Waals surface area contributed by atoms with Crippen LogP contribution in [0.2, 0.25) is 5.02 Å². The monoisotopic (exact) mass is 299 g/mol. The number of aliphatic carboxylic acids is 1. The second kappa shape index (κ2) is 6.76. The molecule has 0 aromatic heterocycles. The Morgan fingerprint density at radius 2 is 2.00 bits per heavy atom. The van der Waals surface area contributed by atoms with E-state index in [9.17, 15) is 14.4 Å². The Hall–Kier alpha value is -2.28. The van der Waals surface area contributed by atoms with Gasteiger partial charge in [0.05, 0.1) is 10.7 Å². The minimum absolute atomic E-state index is 0.0842. The minimum Gasteiger partial charge on any atom is -0.480 e. The fourth-order valence-electron chi connectivity index (χ4n) is 1.45. The number of nitrogen functional groups attached to an aromatic ring is 1. The number of carboxylic acids is 1. The minimum atomic E-state index is -1.25. The van der Waals surface area contributed by atoms with Crippen LogP contribution in [0.25, 0.3) is 0 Å². The van der Waals surface area contributed by atoms with Crippen LogP contribution in [0.1, 0.15) is 23.2 Å². The molecule has 0 fully saturated rings. The first kappa shape index (κ1) is 15.8. The molecule has 6 N–H and O–H groups in total. The molecule has 1 aromatic rings. The predicted molar refractivity (Wildman–Crippen MR) is 73.2 cm³/mol. The summed E-state index contributed by atoms with van der Waals surface area (Å²) in [7, 11) is 0. The summed E-state index contributed by atoms with van der Waals surface area (Å²) < 4.78 is 0. The van der Waals surface area contributed by atoms with Crippen molar-refractivity contribution < 1.29 is 19.5 Å². The fraction of sp³-hybridized carbons (Fsp3) is 0.250. The molecular weight excluding hydrogens is 286 g/mol. The van der Waals surface area contributed by atoms with E-state index in [0.717, 1.165) is 0 Å². The SMILES string of the molecule is NC(=O)CC[C@H](NC(=O)c1ccc(N)c(Cl)c1)C(=O)O. The van der Waals surface area contributed by atoms with Gasteiger partial charge in [-0.15, -0.1) is 0 Å². The Morgan fingerprint density at radius 3 is 2.50 bits per heavy atom. The van der Waals surface area contributed by atoms with Gasteiger partial charge in [0.15, 0.2) is 0 Å². The van der Waals surface area contributed by atoms with E-state index in [0.29, 0.717) is 5.69 Å². The molecule has 0 aliphatic carbocycles. The Labute approximate surface area is 119 Å². The van der Waals surface area contributed by atoms with Gasteiger partial charge in [0.1, 0.15) is 6.04 Å². The third kappa shape index (κ3) is 4.43. The molecule has 20 heavy (non-hydrogen) atoms. The number of primary amides is 1. The lowest BCUT2D eigenvalue weighted by Crippen LogP contribution is -2.41. The predicted octanol–water partition coefficient (Wildman–Crippen LogP) is 0.371. The molecule has 0 spiro atoms. The molecule has 0 saturated heterocycles. The molecular formula is C12H14ClN3O4. The first-order valence-electron chi connectivity index (χ1n) is 5.68. The van der Waals surface area contributed by atoms with E-state index in [4.69, 9.17) is 28.2 Å². The fourth-order valence-corrected chi connectivity index (χ4v) is 1.63. The number of carboxylic acid groups (broad SMARTS) is 1. The van der Waals surface area contributed by atoms with Crippen LogP contribution in [-0.2, 0) is 9.59 Å². The topological polar surface area (TPSA) is 136 Å². The van der Waals surface area contributed by atoms with Crippen LogP contribution >= 0.6 is 11.6 Å². The zero-order valence-electron chi connectivity index (χ0n) is 10.4. The van der Waals surface area contributed by atoms with E-state index in [1.165, 1.54) is 18.2 Å². The summed E-state index contributed by atoms with van der Waals surface area (Å²) in [6.45, 7) is 0. The van der Waals surface area contributed by atoms with Crippen LogP contribution in [0.3, 0.4) is 0 Å². The Bertz CT molecular complexity index is 548. The molecule has 8 heteroatoms. The number of rotatable bonds is 6. The normalized spacial score (nSPS) is 11.7. The molecule has 0 unspecified atom stereocenters. The molecule has 0 saturated carbocycles. The van der Waals surface area contributed by atoms with Crippen molar-refractivity contribution in [1.29, 1.82) is 0 Å². The van der Waals surface area contributed by atoms with Gasteiger partial charge in [-0.3, -0.25) is 9.59 Å². The van der Waals surface area contributed by atoms with Gasteiger partial charge in [-0.25, -0.2) is 4.79 Å². The number of halogens is 1. The maximum absolute atomic E-state index is 11.9. The number of amides is 2. The lowest BCUT2D eigenvalue weighted by atomic mass is 10.1. The average molecular weight is 300 g/mol. The largest absolute Gasteiger partial charge is 0.480 e. The van der Waals surface area contributed by atoms with Gasteiger partial charge in [0.25, 0.3) is 5.91 Å². The standard InChI is InChI=1S/C12H14ClN3O4/c13-7-5-6(1-2-8(7)14)11(18)16-9(12(19)20)3-4-10(15)17/h1-2,5,9H,3-4,14H2,(H2,15,17)(H,16,18)(H,19,20)/t9-/m0/s1. The van der Waals surface area contributed by atoms with Gasteiger partial charge in [-0.1, -0.05) is 11.6 Å². The highest BCUT2D eigenvalue weighted by Crippen LogP contribution is 2.19. The number of anilines is 1. The summed E-state index contributed by atoms with van der Waals surface area (Å²) in [6, 6.07) is 2.99. The molecule has 7 nitrogen and oxygen atoms in total. The van der Waals surface area contributed by atoms with Crippen molar-refractivity contribution in [1.82, 2.24) is 5.32 Å². The number of benzene rings is 1. The third-order valence-electron chi connectivity index (χ3n) is 2.55. The Balaban J connectivity index is 2.77. The summed E-state index contributed by atoms with van der Waals surface area (Å²) in [5.41, 5.74) is 10.9. The van der Waals surface area contributed by atoms with Gasteiger partial charge in [0, 0.05) is 12.0 Å². The summed E-state index contributed by atoms with van der Waals surface area (Å²) in [5.74, 6) is -2.51. The number of nitrogens with one attached hydrogen (secondary N) is 1. The van der Waals surface area contributed by atoms with Crippen molar-refractivity contribution in [3.05, 3.63) is 28.8 Å². The second-order valence-corrected chi connectivity index (χ2v) is 4.51. The maximum Gasteiger partial charge on any atom is 0.326 e. The molecule has 0 radical (unpaired) electrons. The number of carbonyl (C=O) groups excluding carboxylic acids is 2. The van der Waals surface area contributed by atoms with Gasteiger partial charge in [0.2, 0.25) is 5.91 Å². The molecule has 1 atom stereocenters. The van der Waals surface area contributed by atoms with Crippen LogP contribution in [0.4, 0.5) is 5.69 Å². The van der Waals surface area contributed by atoms with Crippen LogP contribution in [0.15, 0.2) is 18.2 Å². The van der Waals surface area contributed by atoms with Gasteiger partial charge >= 0.3 is 5.97 Å².